The van der Waals surface area contributed by atoms with Gasteiger partial charge in [-0.2, -0.15) is 0 Å². The molecule has 0 bridgehead atoms. The Kier molecular flexibility index (Phi) is 3.52. The quantitative estimate of drug-likeness (QED) is 0.908. The van der Waals surface area contributed by atoms with Crippen molar-refractivity contribution in [3.8, 4) is 5.75 Å². The number of rotatable bonds is 3. The number of ether oxygens (including phenoxy) is 1. The number of aryl methyl sites for hydroxylation is 1. The fraction of sp³-hybridized carbons (Fsp3) is 0.235. The Morgan fingerprint density at radius 2 is 2.10 bits per heavy atom. The van der Waals surface area contributed by atoms with Gasteiger partial charge in [0.15, 0.2) is 0 Å². The summed E-state index contributed by atoms with van der Waals surface area (Å²) in [7, 11) is 1.63. The average Bonchev–Trinajstić information content (AvgIpc) is 2.96. The van der Waals surface area contributed by atoms with E-state index < -0.39 is 0 Å². The van der Waals surface area contributed by atoms with Crippen LogP contribution in [0.4, 0.5) is 11.4 Å². The number of benzene rings is 2. The third-order valence-corrected chi connectivity index (χ3v) is 3.76. The molecule has 1 heterocycles. The summed E-state index contributed by atoms with van der Waals surface area (Å²) in [6.45, 7) is 2.89. The fourth-order valence-electron chi connectivity index (χ4n) is 2.54. The van der Waals surface area contributed by atoms with Gasteiger partial charge >= 0.3 is 0 Å². The van der Waals surface area contributed by atoms with Crippen molar-refractivity contribution in [1.82, 2.24) is 0 Å². The molecule has 0 aliphatic carbocycles. The van der Waals surface area contributed by atoms with E-state index in [0.717, 1.165) is 35.7 Å². The third-order valence-electron chi connectivity index (χ3n) is 3.76. The Balaban J connectivity index is 1.80. The summed E-state index contributed by atoms with van der Waals surface area (Å²) >= 11 is 0. The lowest BCUT2D eigenvalue weighted by molar-refractivity contribution is 0.102. The summed E-state index contributed by atoms with van der Waals surface area (Å²) < 4.78 is 5.17. The van der Waals surface area contributed by atoms with E-state index in [1.807, 2.05) is 43.3 Å². The summed E-state index contributed by atoms with van der Waals surface area (Å²) in [5, 5.41) is 6.25. The highest BCUT2D eigenvalue weighted by Gasteiger charge is 2.14. The van der Waals surface area contributed by atoms with Crippen molar-refractivity contribution >= 4 is 17.3 Å². The first-order valence-corrected chi connectivity index (χ1v) is 7.00. The first-order chi connectivity index (χ1) is 10.2. The number of carbonyl (C=O) groups is 1. The van der Waals surface area contributed by atoms with Gasteiger partial charge in [-0.25, -0.2) is 0 Å². The van der Waals surface area contributed by atoms with Gasteiger partial charge in [0.2, 0.25) is 0 Å². The summed E-state index contributed by atoms with van der Waals surface area (Å²) in [4.78, 5) is 12.4. The Morgan fingerprint density at radius 3 is 2.86 bits per heavy atom. The summed E-state index contributed by atoms with van der Waals surface area (Å²) in [6, 6.07) is 11.4. The Labute approximate surface area is 124 Å². The van der Waals surface area contributed by atoms with Crippen LogP contribution in [-0.4, -0.2) is 19.6 Å². The molecule has 0 spiro atoms. The highest BCUT2D eigenvalue weighted by Crippen LogP contribution is 2.25. The number of carbonyl (C=O) groups excluding carboxylic acids is 1. The molecular formula is C17H18N2O2. The van der Waals surface area contributed by atoms with E-state index in [1.165, 1.54) is 5.56 Å². The first-order valence-electron chi connectivity index (χ1n) is 7.00. The largest absolute Gasteiger partial charge is 0.497 e. The van der Waals surface area contributed by atoms with Crippen LogP contribution in [0, 0.1) is 6.92 Å². The van der Waals surface area contributed by atoms with Gasteiger partial charge in [-0.05, 0) is 60.9 Å². The molecule has 0 saturated heterocycles. The van der Waals surface area contributed by atoms with E-state index in [1.54, 1.807) is 7.11 Å². The third kappa shape index (κ3) is 2.70. The Hall–Kier alpha value is -2.49. The molecule has 4 heteroatoms. The molecule has 0 atom stereocenters. The second-order valence-electron chi connectivity index (χ2n) is 5.18. The lowest BCUT2D eigenvalue weighted by Gasteiger charge is -2.10. The minimum Gasteiger partial charge on any atom is -0.497 e. The molecular weight excluding hydrogens is 264 g/mol. The van der Waals surface area contributed by atoms with Gasteiger partial charge in [0, 0.05) is 23.5 Å². The average molecular weight is 282 g/mol. The van der Waals surface area contributed by atoms with Crippen molar-refractivity contribution in [2.24, 2.45) is 0 Å². The highest BCUT2D eigenvalue weighted by atomic mass is 16.5. The van der Waals surface area contributed by atoms with E-state index in [-0.39, 0.29) is 5.91 Å². The minimum atomic E-state index is -0.0852. The second-order valence-corrected chi connectivity index (χ2v) is 5.18. The van der Waals surface area contributed by atoms with Crippen molar-refractivity contribution in [3.63, 3.8) is 0 Å². The van der Waals surface area contributed by atoms with Gasteiger partial charge in [0.25, 0.3) is 5.91 Å². The van der Waals surface area contributed by atoms with E-state index in [9.17, 15) is 4.79 Å². The van der Waals surface area contributed by atoms with E-state index in [0.29, 0.717) is 5.56 Å². The molecule has 2 aromatic rings. The molecule has 0 fully saturated rings. The van der Waals surface area contributed by atoms with Crippen molar-refractivity contribution in [2.45, 2.75) is 13.3 Å². The topological polar surface area (TPSA) is 50.4 Å². The van der Waals surface area contributed by atoms with Gasteiger partial charge in [-0.1, -0.05) is 0 Å². The van der Waals surface area contributed by atoms with Crippen LogP contribution in [0.1, 0.15) is 21.5 Å². The highest BCUT2D eigenvalue weighted by molar-refractivity contribution is 6.05. The van der Waals surface area contributed by atoms with Crippen molar-refractivity contribution in [1.29, 1.82) is 0 Å². The summed E-state index contributed by atoms with van der Waals surface area (Å²) in [5.41, 5.74) is 4.80. The maximum atomic E-state index is 12.4. The molecule has 2 aromatic carbocycles. The normalized spacial score (nSPS) is 12.5. The molecule has 1 aliphatic rings. The van der Waals surface area contributed by atoms with Crippen molar-refractivity contribution < 1.29 is 9.53 Å². The zero-order valence-corrected chi connectivity index (χ0v) is 12.2. The van der Waals surface area contributed by atoms with Crippen LogP contribution >= 0.6 is 0 Å². The molecule has 21 heavy (non-hydrogen) atoms. The monoisotopic (exact) mass is 282 g/mol. The fourth-order valence-corrected chi connectivity index (χ4v) is 2.54. The first kappa shape index (κ1) is 13.5. The summed E-state index contributed by atoms with van der Waals surface area (Å²) in [6.07, 6.45) is 0.970. The number of anilines is 2. The van der Waals surface area contributed by atoms with E-state index in [4.69, 9.17) is 4.74 Å². The van der Waals surface area contributed by atoms with E-state index in [2.05, 4.69) is 10.6 Å². The molecule has 4 nitrogen and oxygen atoms in total. The zero-order valence-electron chi connectivity index (χ0n) is 12.2. The minimum absolute atomic E-state index is 0.0852. The molecule has 108 valence electrons. The van der Waals surface area contributed by atoms with E-state index >= 15 is 0 Å². The van der Waals surface area contributed by atoms with Crippen LogP contribution in [0.2, 0.25) is 0 Å². The van der Waals surface area contributed by atoms with Crippen LogP contribution in [0.25, 0.3) is 0 Å². The van der Waals surface area contributed by atoms with Gasteiger partial charge in [0.05, 0.1) is 7.11 Å². The standard InChI is InChI=1S/C17H18N2O2/c1-11-9-14(21-2)4-6-15(11)19-17(20)13-3-5-16-12(10-13)7-8-18-16/h3-6,9-10,18H,7-8H2,1-2H3,(H,19,20). The summed E-state index contributed by atoms with van der Waals surface area (Å²) in [5.74, 6) is 0.701. The molecule has 0 unspecified atom stereocenters. The van der Waals surface area contributed by atoms with Gasteiger partial charge in [-0.15, -0.1) is 0 Å². The SMILES string of the molecule is COc1ccc(NC(=O)c2ccc3c(c2)CCN3)c(C)c1. The number of nitrogens with one attached hydrogen (secondary N) is 2. The second kappa shape index (κ2) is 5.48. The number of hydrogen-bond acceptors (Lipinski definition) is 3. The smallest absolute Gasteiger partial charge is 0.255 e. The number of amides is 1. The molecule has 1 aliphatic heterocycles. The van der Waals surface area contributed by atoms with Crippen LogP contribution in [0.5, 0.6) is 5.75 Å². The molecule has 0 radical (unpaired) electrons. The molecule has 3 rings (SSSR count). The molecule has 0 saturated carbocycles. The number of methoxy groups -OCH3 is 1. The Bertz CT molecular complexity index is 695. The zero-order chi connectivity index (χ0) is 14.8. The van der Waals surface area contributed by atoms with Crippen molar-refractivity contribution in [2.75, 3.05) is 24.3 Å². The van der Waals surface area contributed by atoms with Gasteiger partial charge < -0.3 is 15.4 Å². The maximum absolute atomic E-state index is 12.4. The van der Waals surface area contributed by atoms with Crippen molar-refractivity contribution in [3.05, 3.63) is 53.1 Å². The van der Waals surface area contributed by atoms with Gasteiger partial charge in [-0.3, -0.25) is 4.79 Å². The lowest BCUT2D eigenvalue weighted by atomic mass is 10.1. The Morgan fingerprint density at radius 1 is 1.24 bits per heavy atom. The van der Waals surface area contributed by atoms with Crippen LogP contribution in [0.15, 0.2) is 36.4 Å². The van der Waals surface area contributed by atoms with Crippen LogP contribution in [-0.2, 0) is 6.42 Å². The molecule has 1 amide bonds. The number of hydrogen-bond donors (Lipinski definition) is 2. The van der Waals surface area contributed by atoms with Crippen LogP contribution < -0.4 is 15.4 Å². The number of fused-ring (bicyclic) bond motifs is 1. The van der Waals surface area contributed by atoms with Crippen LogP contribution in [0.3, 0.4) is 0 Å². The predicted octanol–water partition coefficient (Wildman–Crippen LogP) is 3.22. The predicted molar refractivity (Wildman–Crippen MR) is 84.3 cm³/mol. The molecule has 0 aromatic heterocycles. The molecule has 2 N–H and O–H groups in total. The maximum Gasteiger partial charge on any atom is 0.255 e. The lowest BCUT2D eigenvalue weighted by Crippen LogP contribution is -2.13. The van der Waals surface area contributed by atoms with Gasteiger partial charge in [0.1, 0.15) is 5.75 Å².